The highest BCUT2D eigenvalue weighted by Crippen LogP contribution is 2.27. The average Bonchev–Trinajstić information content (AvgIpc) is 2.76. The van der Waals surface area contributed by atoms with E-state index in [0.29, 0.717) is 17.5 Å². The number of nitrogens with two attached hydrogens (primary N) is 1. The lowest BCUT2D eigenvalue weighted by Crippen LogP contribution is -2.28. The Morgan fingerprint density at radius 3 is 2.82 bits per heavy atom. The highest BCUT2D eigenvalue weighted by molar-refractivity contribution is 7.15. The second kappa shape index (κ2) is 5.14. The van der Waals surface area contributed by atoms with Crippen LogP contribution in [0.1, 0.15) is 36.3 Å². The summed E-state index contributed by atoms with van der Waals surface area (Å²) in [6, 6.07) is 0.195. The Hall–Kier alpha value is -0.940. The third-order valence-electron chi connectivity index (χ3n) is 3.44. The standard InChI is InChI=1S/C12H19N3OS/c1-7-8(2)17-12(14-7)15-11(16)6-9-4-3-5-10(9)13/h9-10H,3-6,13H2,1-2H3,(H,14,15,16)/t9-,10+/m0/s1. The molecule has 1 aromatic rings. The summed E-state index contributed by atoms with van der Waals surface area (Å²) in [5.41, 5.74) is 6.94. The van der Waals surface area contributed by atoms with Gasteiger partial charge >= 0.3 is 0 Å². The van der Waals surface area contributed by atoms with Crippen molar-refractivity contribution < 1.29 is 4.79 Å². The van der Waals surface area contributed by atoms with Crippen LogP contribution in [0.5, 0.6) is 0 Å². The molecule has 17 heavy (non-hydrogen) atoms. The fourth-order valence-electron chi connectivity index (χ4n) is 2.25. The maximum Gasteiger partial charge on any atom is 0.226 e. The molecular formula is C12H19N3OS. The van der Waals surface area contributed by atoms with Gasteiger partial charge in [0, 0.05) is 17.3 Å². The van der Waals surface area contributed by atoms with Gasteiger partial charge in [-0.1, -0.05) is 6.42 Å². The van der Waals surface area contributed by atoms with Crippen molar-refractivity contribution in [3.05, 3.63) is 10.6 Å². The number of hydrogen-bond donors (Lipinski definition) is 2. The van der Waals surface area contributed by atoms with Gasteiger partial charge in [0.15, 0.2) is 5.13 Å². The Bertz CT molecular complexity index is 396. The minimum atomic E-state index is 0.0427. The zero-order chi connectivity index (χ0) is 12.4. The van der Waals surface area contributed by atoms with Crippen molar-refractivity contribution >= 4 is 22.4 Å². The van der Waals surface area contributed by atoms with Crippen molar-refractivity contribution in [2.24, 2.45) is 11.7 Å². The minimum absolute atomic E-state index is 0.0427. The fraction of sp³-hybridized carbons (Fsp3) is 0.667. The van der Waals surface area contributed by atoms with E-state index < -0.39 is 0 Å². The van der Waals surface area contributed by atoms with Gasteiger partial charge in [0.1, 0.15) is 0 Å². The second-order valence-electron chi connectivity index (χ2n) is 4.77. The molecule has 0 spiro atoms. The number of thiazole rings is 1. The van der Waals surface area contributed by atoms with Crippen LogP contribution in [0.3, 0.4) is 0 Å². The fourth-order valence-corrected chi connectivity index (χ4v) is 3.08. The van der Waals surface area contributed by atoms with Crippen LogP contribution in [-0.4, -0.2) is 16.9 Å². The third-order valence-corrected chi connectivity index (χ3v) is 4.43. The van der Waals surface area contributed by atoms with Crippen molar-refractivity contribution in [3.8, 4) is 0 Å². The maximum absolute atomic E-state index is 11.8. The number of nitrogens with one attached hydrogen (secondary N) is 1. The van der Waals surface area contributed by atoms with E-state index in [2.05, 4.69) is 10.3 Å². The second-order valence-corrected chi connectivity index (χ2v) is 5.97. The topological polar surface area (TPSA) is 68.0 Å². The first kappa shape index (κ1) is 12.5. The van der Waals surface area contributed by atoms with Gasteiger partial charge in [-0.05, 0) is 32.6 Å². The first-order valence-electron chi connectivity index (χ1n) is 6.05. The first-order chi connectivity index (χ1) is 8.06. The van der Waals surface area contributed by atoms with E-state index in [1.807, 2.05) is 13.8 Å². The van der Waals surface area contributed by atoms with Gasteiger partial charge in [-0.25, -0.2) is 4.98 Å². The van der Waals surface area contributed by atoms with Crippen molar-refractivity contribution in [1.29, 1.82) is 0 Å². The zero-order valence-electron chi connectivity index (χ0n) is 10.3. The van der Waals surface area contributed by atoms with Crippen LogP contribution in [0.15, 0.2) is 0 Å². The Labute approximate surface area is 106 Å². The molecule has 2 rings (SSSR count). The SMILES string of the molecule is Cc1nc(NC(=O)C[C@@H]2CCC[C@H]2N)sc1C. The Morgan fingerprint density at radius 2 is 2.29 bits per heavy atom. The quantitative estimate of drug-likeness (QED) is 0.868. The molecule has 1 fully saturated rings. The minimum Gasteiger partial charge on any atom is -0.327 e. The van der Waals surface area contributed by atoms with Gasteiger partial charge in [0.2, 0.25) is 5.91 Å². The number of hydrogen-bond acceptors (Lipinski definition) is 4. The van der Waals surface area contributed by atoms with Gasteiger partial charge in [-0.15, -0.1) is 11.3 Å². The summed E-state index contributed by atoms with van der Waals surface area (Å²) in [6.07, 6.45) is 3.80. The summed E-state index contributed by atoms with van der Waals surface area (Å²) in [4.78, 5) is 17.3. The average molecular weight is 253 g/mol. The first-order valence-corrected chi connectivity index (χ1v) is 6.87. The van der Waals surface area contributed by atoms with E-state index in [9.17, 15) is 4.79 Å². The normalized spacial score (nSPS) is 23.9. The van der Waals surface area contributed by atoms with Gasteiger partial charge in [-0.3, -0.25) is 4.79 Å². The van der Waals surface area contributed by atoms with Crippen LogP contribution in [0.4, 0.5) is 5.13 Å². The predicted octanol–water partition coefficient (Wildman–Crippen LogP) is 2.22. The summed E-state index contributed by atoms with van der Waals surface area (Å²) in [5.74, 6) is 0.387. The van der Waals surface area contributed by atoms with E-state index in [1.165, 1.54) is 11.3 Å². The molecule has 1 aromatic heterocycles. The predicted molar refractivity (Wildman–Crippen MR) is 70.2 cm³/mol. The van der Waals surface area contributed by atoms with E-state index >= 15 is 0 Å². The number of rotatable bonds is 3. The van der Waals surface area contributed by atoms with Crippen molar-refractivity contribution in [2.45, 2.75) is 45.6 Å². The molecule has 0 saturated heterocycles. The molecule has 0 bridgehead atoms. The van der Waals surface area contributed by atoms with Crippen molar-refractivity contribution in [2.75, 3.05) is 5.32 Å². The van der Waals surface area contributed by atoms with E-state index in [1.54, 1.807) is 0 Å². The van der Waals surface area contributed by atoms with E-state index in [-0.39, 0.29) is 11.9 Å². The molecule has 0 aliphatic heterocycles. The van der Waals surface area contributed by atoms with Crippen LogP contribution >= 0.6 is 11.3 Å². The number of aryl methyl sites for hydroxylation is 2. The number of nitrogens with zero attached hydrogens (tertiary/aromatic N) is 1. The maximum atomic E-state index is 11.8. The summed E-state index contributed by atoms with van der Waals surface area (Å²) < 4.78 is 0. The third kappa shape index (κ3) is 3.04. The molecule has 2 atom stereocenters. The monoisotopic (exact) mass is 253 g/mol. The zero-order valence-corrected chi connectivity index (χ0v) is 11.1. The van der Waals surface area contributed by atoms with Gasteiger partial charge in [0.25, 0.3) is 0 Å². The van der Waals surface area contributed by atoms with Crippen LogP contribution in [-0.2, 0) is 4.79 Å². The molecule has 1 amide bonds. The molecule has 4 nitrogen and oxygen atoms in total. The summed E-state index contributed by atoms with van der Waals surface area (Å²) in [6.45, 7) is 3.96. The van der Waals surface area contributed by atoms with Gasteiger partial charge in [0.05, 0.1) is 5.69 Å². The van der Waals surface area contributed by atoms with Crippen molar-refractivity contribution in [1.82, 2.24) is 4.98 Å². The van der Waals surface area contributed by atoms with Crippen molar-refractivity contribution in [3.63, 3.8) is 0 Å². The lowest BCUT2D eigenvalue weighted by Gasteiger charge is -2.13. The van der Waals surface area contributed by atoms with E-state index in [0.717, 1.165) is 29.8 Å². The summed E-state index contributed by atoms with van der Waals surface area (Å²) in [7, 11) is 0. The number of anilines is 1. The molecule has 3 N–H and O–H groups in total. The Kier molecular flexibility index (Phi) is 3.79. The lowest BCUT2D eigenvalue weighted by atomic mass is 10.00. The highest BCUT2D eigenvalue weighted by atomic mass is 32.1. The van der Waals surface area contributed by atoms with Crippen LogP contribution in [0, 0.1) is 19.8 Å². The van der Waals surface area contributed by atoms with Crippen LogP contribution < -0.4 is 11.1 Å². The molecule has 0 aromatic carbocycles. The Balaban J connectivity index is 1.88. The highest BCUT2D eigenvalue weighted by Gasteiger charge is 2.26. The Morgan fingerprint density at radius 1 is 1.53 bits per heavy atom. The van der Waals surface area contributed by atoms with Crippen LogP contribution in [0.25, 0.3) is 0 Å². The molecule has 94 valence electrons. The van der Waals surface area contributed by atoms with Crippen LogP contribution in [0.2, 0.25) is 0 Å². The number of amides is 1. The molecule has 1 aliphatic carbocycles. The molecule has 1 aliphatic rings. The molecule has 1 saturated carbocycles. The molecule has 0 unspecified atom stereocenters. The molecular weight excluding hydrogens is 234 g/mol. The number of aromatic nitrogens is 1. The molecule has 0 radical (unpaired) electrons. The largest absolute Gasteiger partial charge is 0.327 e. The molecule has 5 heteroatoms. The van der Waals surface area contributed by atoms with Gasteiger partial charge in [-0.2, -0.15) is 0 Å². The van der Waals surface area contributed by atoms with Gasteiger partial charge < -0.3 is 11.1 Å². The summed E-state index contributed by atoms with van der Waals surface area (Å²) in [5, 5.41) is 3.57. The lowest BCUT2D eigenvalue weighted by molar-refractivity contribution is -0.117. The number of carbonyl (C=O) groups excluding carboxylic acids is 1. The number of carbonyl (C=O) groups is 1. The molecule has 1 heterocycles. The summed E-state index contributed by atoms with van der Waals surface area (Å²) >= 11 is 1.53. The van der Waals surface area contributed by atoms with E-state index in [4.69, 9.17) is 5.73 Å². The smallest absolute Gasteiger partial charge is 0.226 e.